The minimum absolute atomic E-state index is 0.153. The van der Waals surface area contributed by atoms with Gasteiger partial charge in [-0.15, -0.1) is 10.2 Å². The van der Waals surface area contributed by atoms with Crippen molar-refractivity contribution >= 4 is 28.6 Å². The molecular formula is C24H21N7O. The Morgan fingerprint density at radius 2 is 1.72 bits per heavy atom. The van der Waals surface area contributed by atoms with E-state index in [0.29, 0.717) is 22.9 Å². The van der Waals surface area contributed by atoms with E-state index < -0.39 is 0 Å². The van der Waals surface area contributed by atoms with Crippen molar-refractivity contribution in [1.29, 1.82) is 0 Å². The lowest BCUT2D eigenvalue weighted by Gasteiger charge is -2.08. The van der Waals surface area contributed by atoms with Crippen molar-refractivity contribution in [3.05, 3.63) is 96.1 Å². The van der Waals surface area contributed by atoms with Crippen LogP contribution in [0.4, 0.5) is 17.2 Å². The van der Waals surface area contributed by atoms with Gasteiger partial charge in [0.1, 0.15) is 0 Å². The van der Waals surface area contributed by atoms with Crippen molar-refractivity contribution in [2.45, 2.75) is 13.8 Å². The van der Waals surface area contributed by atoms with Gasteiger partial charge in [0.2, 0.25) is 0 Å². The second-order valence-corrected chi connectivity index (χ2v) is 7.53. The zero-order valence-electron chi connectivity index (χ0n) is 17.6. The zero-order chi connectivity index (χ0) is 22.1. The predicted octanol–water partition coefficient (Wildman–Crippen LogP) is 4.53. The van der Waals surface area contributed by atoms with Crippen LogP contribution < -0.4 is 10.6 Å². The summed E-state index contributed by atoms with van der Waals surface area (Å²) < 4.78 is 3.68. The molecule has 1 amide bonds. The van der Waals surface area contributed by atoms with E-state index in [-0.39, 0.29) is 5.91 Å². The summed E-state index contributed by atoms with van der Waals surface area (Å²) in [6.07, 6.45) is 3.73. The van der Waals surface area contributed by atoms with E-state index in [9.17, 15) is 4.79 Å². The maximum atomic E-state index is 12.6. The molecule has 8 nitrogen and oxygen atoms in total. The van der Waals surface area contributed by atoms with Crippen LogP contribution in [0.2, 0.25) is 0 Å². The summed E-state index contributed by atoms with van der Waals surface area (Å²) >= 11 is 0. The first-order valence-electron chi connectivity index (χ1n) is 10.2. The van der Waals surface area contributed by atoms with Crippen LogP contribution in [0.15, 0.2) is 79.1 Å². The van der Waals surface area contributed by atoms with Gasteiger partial charge in [-0.2, -0.15) is 5.10 Å². The Labute approximate surface area is 184 Å². The number of hydrogen-bond donors (Lipinski definition) is 2. The van der Waals surface area contributed by atoms with Crippen molar-refractivity contribution in [3.63, 3.8) is 0 Å². The summed E-state index contributed by atoms with van der Waals surface area (Å²) in [6.45, 7) is 3.92. The number of carbonyl (C=O) groups is 1. The van der Waals surface area contributed by atoms with Crippen LogP contribution in [0.1, 0.15) is 21.7 Å². The highest BCUT2D eigenvalue weighted by atomic mass is 16.1. The highest BCUT2D eigenvalue weighted by molar-refractivity contribution is 6.05. The van der Waals surface area contributed by atoms with Crippen LogP contribution >= 0.6 is 0 Å². The first-order chi connectivity index (χ1) is 15.5. The highest BCUT2D eigenvalue weighted by Gasteiger charge is 2.10. The van der Waals surface area contributed by atoms with Crippen molar-refractivity contribution in [2.75, 3.05) is 10.6 Å². The molecule has 0 bridgehead atoms. The normalized spacial score (nSPS) is 10.9. The maximum absolute atomic E-state index is 12.6. The van der Waals surface area contributed by atoms with E-state index in [1.807, 2.05) is 97.4 Å². The Morgan fingerprint density at radius 3 is 2.41 bits per heavy atom. The maximum Gasteiger partial charge on any atom is 0.257 e. The molecule has 32 heavy (non-hydrogen) atoms. The van der Waals surface area contributed by atoms with Gasteiger partial charge in [-0.05, 0) is 74.5 Å². The van der Waals surface area contributed by atoms with Gasteiger partial charge < -0.3 is 15.0 Å². The third kappa shape index (κ3) is 3.93. The van der Waals surface area contributed by atoms with E-state index >= 15 is 0 Å². The van der Waals surface area contributed by atoms with Gasteiger partial charge >= 0.3 is 0 Å². The number of nitrogens with zero attached hydrogens (tertiary/aromatic N) is 5. The number of benzene rings is 1. The largest absolute Gasteiger partial charge is 0.339 e. The van der Waals surface area contributed by atoms with E-state index in [2.05, 4.69) is 25.9 Å². The van der Waals surface area contributed by atoms with Crippen LogP contribution in [0, 0.1) is 13.8 Å². The number of nitrogens with one attached hydrogen (secondary N) is 2. The first kappa shape index (κ1) is 19.5. The van der Waals surface area contributed by atoms with Gasteiger partial charge in [-0.1, -0.05) is 6.07 Å². The van der Waals surface area contributed by atoms with E-state index in [4.69, 9.17) is 0 Å². The highest BCUT2D eigenvalue weighted by Crippen LogP contribution is 2.19. The third-order valence-corrected chi connectivity index (χ3v) is 5.06. The fourth-order valence-electron chi connectivity index (χ4n) is 3.53. The fraction of sp³-hybridized carbons (Fsp3) is 0.0833. The first-order valence-corrected chi connectivity index (χ1v) is 10.2. The minimum atomic E-state index is -0.153. The van der Waals surface area contributed by atoms with Gasteiger partial charge in [0.05, 0.1) is 11.3 Å². The molecule has 0 aliphatic carbocycles. The number of carbonyl (C=O) groups excluding carboxylic acids is 1. The van der Waals surface area contributed by atoms with E-state index in [1.54, 1.807) is 4.68 Å². The van der Waals surface area contributed by atoms with Gasteiger partial charge in [0.25, 0.3) is 5.91 Å². The summed E-state index contributed by atoms with van der Waals surface area (Å²) in [7, 11) is 0. The number of fused-ring (bicyclic) bond motifs is 1. The Balaban J connectivity index is 1.24. The summed E-state index contributed by atoms with van der Waals surface area (Å²) in [6, 6.07) is 20.8. The summed E-state index contributed by atoms with van der Waals surface area (Å²) in [4.78, 5) is 12.6. The molecule has 0 aliphatic heterocycles. The average Bonchev–Trinajstić information content (AvgIpc) is 3.38. The molecule has 0 aliphatic rings. The molecule has 0 radical (unpaired) electrons. The van der Waals surface area contributed by atoms with Gasteiger partial charge in [-0.3, -0.25) is 4.79 Å². The lowest BCUT2D eigenvalue weighted by Crippen LogP contribution is -2.10. The Kier molecular flexibility index (Phi) is 4.87. The number of pyridine rings is 1. The summed E-state index contributed by atoms with van der Waals surface area (Å²) in [5.74, 6) is 1.13. The molecule has 0 spiro atoms. The topological polar surface area (TPSA) is 89.1 Å². The molecule has 1 aromatic carbocycles. The van der Waals surface area contributed by atoms with Crippen molar-refractivity contribution in [3.8, 4) is 5.82 Å². The molecular weight excluding hydrogens is 402 g/mol. The van der Waals surface area contributed by atoms with Crippen LogP contribution in [0.3, 0.4) is 0 Å². The number of amides is 1. The van der Waals surface area contributed by atoms with Crippen LogP contribution in [-0.2, 0) is 0 Å². The third-order valence-electron chi connectivity index (χ3n) is 5.06. The van der Waals surface area contributed by atoms with Gasteiger partial charge in [0.15, 0.2) is 11.6 Å². The number of rotatable bonds is 5. The number of hydrogen-bond acceptors (Lipinski definition) is 5. The van der Waals surface area contributed by atoms with Crippen molar-refractivity contribution in [2.24, 2.45) is 0 Å². The zero-order valence-corrected chi connectivity index (χ0v) is 17.6. The molecule has 4 aromatic heterocycles. The summed E-state index contributed by atoms with van der Waals surface area (Å²) in [5.41, 5.74) is 5.07. The molecule has 0 unspecified atom stereocenters. The standard InChI is InChI=1S/C24H21N7O/c1-16-13-17(2)31(29-16)23-11-10-22(27-28-23)25-19-6-8-20(9-7-19)26-24(32)18-14-21-5-3-4-12-30(21)15-18/h3-15H,1-2H3,(H,25,27)(H,26,32). The van der Waals surface area contributed by atoms with E-state index in [1.165, 1.54) is 0 Å². The molecule has 0 saturated heterocycles. The SMILES string of the molecule is Cc1cc(C)n(-c2ccc(Nc3ccc(NC(=O)c4cc5ccccn5c4)cc3)nn2)n1. The second kappa shape index (κ2) is 7.99. The smallest absolute Gasteiger partial charge is 0.257 e. The van der Waals surface area contributed by atoms with Gasteiger partial charge in [0, 0.05) is 35.0 Å². The number of anilines is 3. The Bertz CT molecular complexity index is 1370. The molecule has 158 valence electrons. The average molecular weight is 423 g/mol. The van der Waals surface area contributed by atoms with Crippen LogP contribution in [-0.4, -0.2) is 30.3 Å². The van der Waals surface area contributed by atoms with Gasteiger partial charge in [-0.25, -0.2) is 4.68 Å². The van der Waals surface area contributed by atoms with Crippen LogP contribution in [0.25, 0.3) is 11.3 Å². The van der Waals surface area contributed by atoms with E-state index in [0.717, 1.165) is 22.6 Å². The quantitative estimate of drug-likeness (QED) is 0.434. The molecule has 0 saturated carbocycles. The predicted molar refractivity (Wildman–Crippen MR) is 124 cm³/mol. The number of aromatic nitrogens is 5. The summed E-state index contributed by atoms with van der Waals surface area (Å²) in [5, 5.41) is 19.1. The lowest BCUT2D eigenvalue weighted by molar-refractivity contribution is 0.102. The minimum Gasteiger partial charge on any atom is -0.339 e. The van der Waals surface area contributed by atoms with Crippen molar-refractivity contribution in [1.82, 2.24) is 24.4 Å². The fourth-order valence-corrected chi connectivity index (χ4v) is 3.53. The molecule has 8 heteroatoms. The Morgan fingerprint density at radius 1 is 0.906 bits per heavy atom. The monoisotopic (exact) mass is 423 g/mol. The van der Waals surface area contributed by atoms with Crippen LogP contribution in [0.5, 0.6) is 0 Å². The molecule has 2 N–H and O–H groups in total. The second-order valence-electron chi connectivity index (χ2n) is 7.53. The molecule has 0 fully saturated rings. The number of aryl methyl sites for hydroxylation is 2. The molecule has 4 heterocycles. The Hall–Kier alpha value is -4.46. The van der Waals surface area contributed by atoms with Crippen molar-refractivity contribution < 1.29 is 4.79 Å². The molecule has 5 aromatic rings. The molecule has 0 atom stereocenters. The lowest BCUT2D eigenvalue weighted by atomic mass is 10.2. The molecule has 5 rings (SSSR count).